The largest absolute Gasteiger partial charge is 0.396 e. The quantitative estimate of drug-likeness (QED) is 0.875. The molecule has 0 aliphatic carbocycles. The van der Waals surface area contributed by atoms with E-state index in [0.717, 1.165) is 16.8 Å². The van der Waals surface area contributed by atoms with E-state index in [1.165, 1.54) is 5.56 Å². The Labute approximate surface area is 116 Å². The number of carbonyl (C=O) groups is 1. The lowest BCUT2D eigenvalue weighted by Crippen LogP contribution is -2.16. The van der Waals surface area contributed by atoms with Crippen molar-refractivity contribution in [3.63, 3.8) is 0 Å². The number of aliphatic hydroxyl groups excluding tert-OH is 1. The number of aliphatic hydroxyl groups is 1. The molecule has 1 rings (SSSR count). The molecule has 0 spiro atoms. The molecule has 2 N–H and O–H groups in total. The zero-order valence-corrected chi connectivity index (χ0v) is 12.6. The molecule has 0 aliphatic rings. The van der Waals surface area contributed by atoms with E-state index < -0.39 is 0 Å². The summed E-state index contributed by atoms with van der Waals surface area (Å²) in [6.45, 7) is 10.6. The number of hydrogen-bond donors (Lipinski definition) is 2. The maximum Gasteiger partial charge on any atom is 0.224 e. The smallest absolute Gasteiger partial charge is 0.224 e. The van der Waals surface area contributed by atoms with Crippen molar-refractivity contribution in [2.24, 2.45) is 0 Å². The minimum Gasteiger partial charge on any atom is -0.396 e. The molecule has 0 aliphatic heterocycles. The average molecular weight is 263 g/mol. The van der Waals surface area contributed by atoms with Gasteiger partial charge >= 0.3 is 0 Å². The van der Waals surface area contributed by atoms with Gasteiger partial charge in [-0.15, -0.1) is 0 Å². The first-order valence-corrected chi connectivity index (χ1v) is 6.78. The molecule has 0 saturated heterocycles. The highest BCUT2D eigenvalue weighted by molar-refractivity contribution is 5.92. The molecule has 0 fully saturated rings. The lowest BCUT2D eigenvalue weighted by Gasteiger charge is -2.22. The first-order valence-electron chi connectivity index (χ1n) is 6.78. The second kappa shape index (κ2) is 6.20. The normalized spacial score (nSPS) is 11.5. The zero-order valence-electron chi connectivity index (χ0n) is 12.6. The number of hydrogen-bond acceptors (Lipinski definition) is 2. The number of carbonyl (C=O) groups excluding carboxylic acids is 1. The highest BCUT2D eigenvalue weighted by atomic mass is 16.3. The van der Waals surface area contributed by atoms with E-state index in [2.05, 4.69) is 38.2 Å². The average Bonchev–Trinajstić information content (AvgIpc) is 2.29. The van der Waals surface area contributed by atoms with Gasteiger partial charge in [0.05, 0.1) is 0 Å². The van der Waals surface area contributed by atoms with E-state index in [-0.39, 0.29) is 17.9 Å². The van der Waals surface area contributed by atoms with E-state index >= 15 is 0 Å². The molecule has 0 bridgehead atoms. The van der Waals surface area contributed by atoms with Gasteiger partial charge in [-0.2, -0.15) is 0 Å². The van der Waals surface area contributed by atoms with Crippen LogP contribution in [0.1, 0.15) is 50.3 Å². The van der Waals surface area contributed by atoms with E-state index in [1.807, 2.05) is 13.8 Å². The highest BCUT2D eigenvalue weighted by Gasteiger charge is 2.17. The molecule has 19 heavy (non-hydrogen) atoms. The summed E-state index contributed by atoms with van der Waals surface area (Å²) in [7, 11) is 0. The van der Waals surface area contributed by atoms with Crippen LogP contribution in [-0.2, 0) is 10.2 Å². The fraction of sp³-hybridized carbons (Fsp3) is 0.562. The fourth-order valence-electron chi connectivity index (χ4n) is 2.04. The van der Waals surface area contributed by atoms with E-state index in [1.54, 1.807) is 0 Å². The van der Waals surface area contributed by atoms with Crippen LogP contribution in [0.3, 0.4) is 0 Å². The molecule has 0 atom stereocenters. The molecular formula is C16H25NO2. The van der Waals surface area contributed by atoms with Crippen LogP contribution in [0.5, 0.6) is 0 Å². The molecule has 0 aromatic heterocycles. The van der Waals surface area contributed by atoms with Crippen LogP contribution < -0.4 is 5.32 Å². The van der Waals surface area contributed by atoms with Crippen LogP contribution in [0.2, 0.25) is 0 Å². The number of anilines is 1. The molecule has 0 radical (unpaired) electrons. The lowest BCUT2D eigenvalue weighted by atomic mass is 9.85. The molecule has 0 unspecified atom stereocenters. The topological polar surface area (TPSA) is 49.3 Å². The van der Waals surface area contributed by atoms with Crippen molar-refractivity contribution in [3.05, 3.63) is 28.8 Å². The third-order valence-corrected chi connectivity index (χ3v) is 3.23. The molecule has 106 valence electrons. The van der Waals surface area contributed by atoms with Crippen molar-refractivity contribution >= 4 is 11.6 Å². The van der Waals surface area contributed by atoms with Gasteiger partial charge in [0.2, 0.25) is 5.91 Å². The SMILES string of the molecule is Cc1cc(C(C)(C)C)cc(C)c1NC(=O)CCCO. The Hall–Kier alpha value is -1.35. The molecule has 3 nitrogen and oxygen atoms in total. The van der Waals surface area contributed by atoms with Crippen LogP contribution in [0.4, 0.5) is 5.69 Å². The third-order valence-electron chi connectivity index (χ3n) is 3.23. The van der Waals surface area contributed by atoms with Gasteiger partial charge in [0.1, 0.15) is 0 Å². The Morgan fingerprint density at radius 2 is 1.74 bits per heavy atom. The molecule has 1 amide bonds. The molecule has 1 aromatic rings. The standard InChI is InChI=1S/C16H25NO2/c1-11-9-13(16(3,4)5)10-12(2)15(11)17-14(19)7-6-8-18/h9-10,18H,6-8H2,1-5H3,(H,17,19). The predicted molar refractivity (Wildman–Crippen MR) is 79.6 cm³/mol. The van der Waals surface area contributed by atoms with Gasteiger partial charge in [-0.25, -0.2) is 0 Å². The Bertz CT molecular complexity index is 435. The van der Waals surface area contributed by atoms with Gasteiger partial charge in [-0.3, -0.25) is 4.79 Å². The van der Waals surface area contributed by atoms with Gasteiger partial charge in [-0.1, -0.05) is 32.9 Å². The molecule has 0 heterocycles. The maximum atomic E-state index is 11.7. The Morgan fingerprint density at radius 1 is 1.21 bits per heavy atom. The fourth-order valence-corrected chi connectivity index (χ4v) is 2.04. The van der Waals surface area contributed by atoms with Crippen molar-refractivity contribution in [1.29, 1.82) is 0 Å². The number of nitrogens with one attached hydrogen (secondary N) is 1. The van der Waals surface area contributed by atoms with Gasteiger partial charge in [-0.05, 0) is 42.4 Å². The van der Waals surface area contributed by atoms with Gasteiger partial charge in [0, 0.05) is 18.7 Å². The van der Waals surface area contributed by atoms with Crippen LogP contribution in [0, 0.1) is 13.8 Å². The molecule has 1 aromatic carbocycles. The Balaban J connectivity index is 2.95. The second-order valence-corrected chi connectivity index (χ2v) is 6.11. The van der Waals surface area contributed by atoms with Crippen molar-refractivity contribution < 1.29 is 9.90 Å². The van der Waals surface area contributed by atoms with Gasteiger partial charge in [0.25, 0.3) is 0 Å². The maximum absolute atomic E-state index is 11.7. The van der Waals surface area contributed by atoms with Gasteiger partial charge < -0.3 is 10.4 Å². The van der Waals surface area contributed by atoms with Crippen molar-refractivity contribution in [1.82, 2.24) is 0 Å². The summed E-state index contributed by atoms with van der Waals surface area (Å²) in [5, 5.41) is 11.7. The number of amides is 1. The number of aryl methyl sites for hydroxylation is 2. The summed E-state index contributed by atoms with van der Waals surface area (Å²) in [5.74, 6) is -0.0382. The zero-order chi connectivity index (χ0) is 14.6. The first kappa shape index (κ1) is 15.7. The number of rotatable bonds is 4. The molecular weight excluding hydrogens is 238 g/mol. The minimum atomic E-state index is -0.0382. The summed E-state index contributed by atoms with van der Waals surface area (Å²) in [6.07, 6.45) is 0.862. The highest BCUT2D eigenvalue weighted by Crippen LogP contribution is 2.29. The first-order chi connectivity index (χ1) is 8.75. The van der Waals surface area contributed by atoms with Crippen molar-refractivity contribution in [2.75, 3.05) is 11.9 Å². The van der Waals surface area contributed by atoms with Crippen LogP contribution in [-0.4, -0.2) is 17.6 Å². The van der Waals surface area contributed by atoms with Crippen molar-refractivity contribution in [3.8, 4) is 0 Å². The summed E-state index contributed by atoms with van der Waals surface area (Å²) in [5.41, 5.74) is 4.45. The summed E-state index contributed by atoms with van der Waals surface area (Å²) in [6, 6.07) is 4.27. The molecule has 3 heteroatoms. The third kappa shape index (κ3) is 4.35. The van der Waals surface area contributed by atoms with E-state index in [0.29, 0.717) is 12.8 Å². The molecule has 0 saturated carbocycles. The van der Waals surface area contributed by atoms with E-state index in [9.17, 15) is 4.79 Å². The predicted octanol–water partition coefficient (Wildman–Crippen LogP) is 3.31. The van der Waals surface area contributed by atoms with E-state index in [4.69, 9.17) is 5.11 Å². The summed E-state index contributed by atoms with van der Waals surface area (Å²) >= 11 is 0. The Morgan fingerprint density at radius 3 is 2.16 bits per heavy atom. The van der Waals surface area contributed by atoms with Gasteiger partial charge in [0.15, 0.2) is 0 Å². The lowest BCUT2D eigenvalue weighted by molar-refractivity contribution is -0.116. The monoisotopic (exact) mass is 263 g/mol. The second-order valence-electron chi connectivity index (χ2n) is 6.11. The Kier molecular flexibility index (Phi) is 5.12. The van der Waals surface area contributed by atoms with Crippen LogP contribution in [0.25, 0.3) is 0 Å². The van der Waals surface area contributed by atoms with Crippen molar-refractivity contribution in [2.45, 2.75) is 52.9 Å². The van der Waals surface area contributed by atoms with Crippen LogP contribution in [0.15, 0.2) is 12.1 Å². The summed E-state index contributed by atoms with van der Waals surface area (Å²) in [4.78, 5) is 11.7. The van der Waals surface area contributed by atoms with Crippen LogP contribution >= 0.6 is 0 Å². The number of benzene rings is 1. The summed E-state index contributed by atoms with van der Waals surface area (Å²) < 4.78 is 0. The minimum absolute atomic E-state index is 0.0382.